The monoisotopic (exact) mass is 745 g/mol. The maximum absolute atomic E-state index is 5.23. The molecule has 0 saturated carbocycles. The van der Waals surface area contributed by atoms with E-state index in [1.54, 1.807) is 0 Å². The Morgan fingerprint density at radius 1 is 0.333 bits per heavy atom. The van der Waals surface area contributed by atoms with Gasteiger partial charge in [-0.25, -0.2) is 4.98 Å². The molecule has 57 heavy (non-hydrogen) atoms. The second kappa shape index (κ2) is 12.3. The fourth-order valence-electron chi connectivity index (χ4n) is 9.53. The SMILES string of the molecule is c1ccc([Si](c2ccccc2)(c2cccc(-n3c4ccccc4n4c5ccccc5cc34)c2)c2cccc(-n3c4ccccc4n4c5ccccc5nc34)c2)cc1. The molecular weight excluding hydrogens is 711 g/mol. The average Bonchev–Trinajstić information content (AvgIpc) is 4.01. The summed E-state index contributed by atoms with van der Waals surface area (Å²) in [6, 6.07) is 77.9. The first kappa shape index (κ1) is 31.9. The quantitative estimate of drug-likeness (QED) is 0.124. The Morgan fingerprint density at radius 2 is 0.807 bits per heavy atom. The Kier molecular flexibility index (Phi) is 6.88. The molecule has 0 radical (unpaired) electrons. The Hall–Kier alpha value is -7.41. The van der Waals surface area contributed by atoms with Crippen molar-refractivity contribution < 1.29 is 0 Å². The molecule has 0 bridgehead atoms. The molecule has 0 amide bonds. The standard InChI is InChI=1S/C51H35N5Si/c1-3-20-39(21-4-1)57(40-22-5-2-6-23-40,41-24-15-18-37(34-41)53-46-29-11-13-31-48(46)55-44-27-9-7-17-36(44)33-50(53)55)42-25-16-19-38(35-42)54-47-30-12-14-32-49(47)56-45-28-10-8-26-43(45)52-51(54)56/h1-35H. The van der Waals surface area contributed by atoms with E-state index in [9.17, 15) is 0 Å². The summed E-state index contributed by atoms with van der Waals surface area (Å²) in [5.41, 5.74) is 11.3. The third-order valence-corrected chi connectivity index (χ3v) is 16.6. The summed E-state index contributed by atoms with van der Waals surface area (Å²) in [6.45, 7) is 0. The van der Waals surface area contributed by atoms with Crippen molar-refractivity contribution in [3.8, 4) is 11.4 Å². The highest BCUT2D eigenvalue weighted by Crippen LogP contribution is 2.32. The van der Waals surface area contributed by atoms with Crippen LogP contribution < -0.4 is 20.7 Å². The molecule has 4 aromatic heterocycles. The minimum Gasteiger partial charge on any atom is -0.294 e. The third-order valence-electron chi connectivity index (χ3n) is 11.9. The van der Waals surface area contributed by atoms with Crippen molar-refractivity contribution in [2.24, 2.45) is 0 Å². The molecular formula is C51H35N5Si. The zero-order valence-electron chi connectivity index (χ0n) is 30.9. The van der Waals surface area contributed by atoms with Crippen LogP contribution in [0.1, 0.15) is 0 Å². The van der Waals surface area contributed by atoms with Crippen molar-refractivity contribution in [3.05, 3.63) is 212 Å². The van der Waals surface area contributed by atoms with Crippen LogP contribution in [0, 0.1) is 0 Å². The van der Waals surface area contributed by atoms with Crippen LogP contribution in [0.15, 0.2) is 212 Å². The molecule has 0 aliphatic carbocycles. The van der Waals surface area contributed by atoms with E-state index in [4.69, 9.17) is 4.98 Å². The van der Waals surface area contributed by atoms with E-state index in [1.165, 1.54) is 42.7 Å². The molecule has 8 aromatic carbocycles. The molecule has 6 heteroatoms. The molecule has 4 heterocycles. The predicted octanol–water partition coefficient (Wildman–Crippen LogP) is 9.16. The molecule has 0 aliphatic rings. The van der Waals surface area contributed by atoms with E-state index in [2.05, 4.69) is 230 Å². The fourth-order valence-corrected chi connectivity index (χ4v) is 14.3. The summed E-state index contributed by atoms with van der Waals surface area (Å²) in [6.07, 6.45) is 0. The molecule has 0 N–H and O–H groups in total. The minimum absolute atomic E-state index is 0.909. The van der Waals surface area contributed by atoms with Crippen LogP contribution in [0.25, 0.3) is 66.8 Å². The third kappa shape index (κ3) is 4.53. The number of hydrogen-bond donors (Lipinski definition) is 0. The van der Waals surface area contributed by atoms with Gasteiger partial charge in [-0.2, -0.15) is 0 Å². The largest absolute Gasteiger partial charge is 0.294 e. The Morgan fingerprint density at radius 3 is 1.46 bits per heavy atom. The molecule has 0 atom stereocenters. The maximum Gasteiger partial charge on any atom is 0.220 e. The highest BCUT2D eigenvalue weighted by Gasteiger charge is 2.42. The van der Waals surface area contributed by atoms with Gasteiger partial charge in [0, 0.05) is 16.8 Å². The van der Waals surface area contributed by atoms with Crippen LogP contribution >= 0.6 is 0 Å². The number of aromatic nitrogens is 5. The van der Waals surface area contributed by atoms with Crippen molar-refractivity contribution in [2.45, 2.75) is 0 Å². The highest BCUT2D eigenvalue weighted by molar-refractivity contribution is 7.20. The van der Waals surface area contributed by atoms with Gasteiger partial charge in [-0.05, 0) is 93.5 Å². The van der Waals surface area contributed by atoms with Gasteiger partial charge in [0.1, 0.15) is 5.65 Å². The average molecular weight is 746 g/mol. The van der Waals surface area contributed by atoms with Crippen LogP contribution in [0.3, 0.4) is 0 Å². The van der Waals surface area contributed by atoms with Crippen LogP contribution in [-0.4, -0.2) is 31.0 Å². The lowest BCUT2D eigenvalue weighted by Crippen LogP contribution is -2.74. The first-order valence-corrected chi connectivity index (χ1v) is 21.5. The van der Waals surface area contributed by atoms with Crippen molar-refractivity contribution in [3.63, 3.8) is 0 Å². The Bertz CT molecular complexity index is 3250. The number of para-hydroxylation sites is 7. The number of nitrogens with zero attached hydrogens (tertiary/aromatic N) is 5. The zero-order chi connectivity index (χ0) is 37.5. The molecule has 0 saturated heterocycles. The summed E-state index contributed by atoms with van der Waals surface area (Å²) >= 11 is 0. The zero-order valence-corrected chi connectivity index (χ0v) is 31.9. The number of hydrogen-bond acceptors (Lipinski definition) is 1. The number of rotatable bonds is 6. The number of imidazole rings is 3. The fraction of sp³-hybridized carbons (Fsp3) is 0. The minimum atomic E-state index is -2.98. The van der Waals surface area contributed by atoms with E-state index >= 15 is 0 Å². The summed E-state index contributed by atoms with van der Waals surface area (Å²) < 4.78 is 9.48. The van der Waals surface area contributed by atoms with Gasteiger partial charge >= 0.3 is 0 Å². The van der Waals surface area contributed by atoms with Crippen LogP contribution in [0.2, 0.25) is 0 Å². The molecule has 0 fully saturated rings. The maximum atomic E-state index is 5.23. The molecule has 0 aliphatic heterocycles. The first-order valence-electron chi connectivity index (χ1n) is 19.5. The van der Waals surface area contributed by atoms with E-state index in [0.29, 0.717) is 0 Å². The van der Waals surface area contributed by atoms with E-state index in [1.807, 2.05) is 0 Å². The molecule has 12 rings (SSSR count). The summed E-state index contributed by atoms with van der Waals surface area (Å²) in [5, 5.41) is 6.51. The van der Waals surface area contributed by atoms with Gasteiger partial charge in [-0.3, -0.25) is 17.9 Å². The molecule has 0 unspecified atom stereocenters. The first-order chi connectivity index (χ1) is 28.3. The lowest BCUT2D eigenvalue weighted by Gasteiger charge is -2.35. The van der Waals surface area contributed by atoms with Gasteiger partial charge in [-0.1, -0.05) is 140 Å². The van der Waals surface area contributed by atoms with Crippen LogP contribution in [0.4, 0.5) is 0 Å². The van der Waals surface area contributed by atoms with Crippen LogP contribution in [-0.2, 0) is 0 Å². The van der Waals surface area contributed by atoms with Crippen LogP contribution in [0.5, 0.6) is 0 Å². The number of fused-ring (bicyclic) bond motifs is 10. The second-order valence-corrected chi connectivity index (χ2v) is 18.7. The van der Waals surface area contributed by atoms with Gasteiger partial charge in [0.15, 0.2) is 8.07 Å². The van der Waals surface area contributed by atoms with Gasteiger partial charge in [0.25, 0.3) is 0 Å². The molecule has 5 nitrogen and oxygen atoms in total. The van der Waals surface area contributed by atoms with Gasteiger partial charge in [-0.15, -0.1) is 0 Å². The van der Waals surface area contributed by atoms with E-state index < -0.39 is 8.07 Å². The summed E-state index contributed by atoms with van der Waals surface area (Å²) in [4.78, 5) is 5.23. The Balaban J connectivity index is 1.16. The van der Waals surface area contributed by atoms with E-state index in [0.717, 1.165) is 44.9 Å². The Labute approximate surface area is 329 Å². The van der Waals surface area contributed by atoms with Crippen molar-refractivity contribution in [2.75, 3.05) is 0 Å². The normalized spacial score (nSPS) is 12.2. The second-order valence-electron chi connectivity index (χ2n) is 14.9. The number of benzene rings is 8. The van der Waals surface area contributed by atoms with Gasteiger partial charge in [0.05, 0.1) is 38.6 Å². The summed E-state index contributed by atoms with van der Waals surface area (Å²) in [5.74, 6) is 0.909. The van der Waals surface area contributed by atoms with E-state index in [-0.39, 0.29) is 0 Å². The topological polar surface area (TPSA) is 31.6 Å². The molecule has 0 spiro atoms. The molecule has 268 valence electrons. The lowest BCUT2D eigenvalue weighted by atomic mass is 10.2. The van der Waals surface area contributed by atoms with Gasteiger partial charge < -0.3 is 0 Å². The molecule has 12 aromatic rings. The smallest absolute Gasteiger partial charge is 0.220 e. The summed E-state index contributed by atoms with van der Waals surface area (Å²) in [7, 11) is -2.98. The van der Waals surface area contributed by atoms with Gasteiger partial charge in [0.2, 0.25) is 5.78 Å². The predicted molar refractivity (Wildman–Crippen MR) is 238 cm³/mol. The van der Waals surface area contributed by atoms with Crippen molar-refractivity contribution >= 4 is 84.2 Å². The van der Waals surface area contributed by atoms with Crippen molar-refractivity contribution in [1.29, 1.82) is 0 Å². The highest BCUT2D eigenvalue weighted by atomic mass is 28.3. The van der Waals surface area contributed by atoms with Crippen molar-refractivity contribution in [1.82, 2.24) is 22.9 Å². The lowest BCUT2D eigenvalue weighted by molar-refractivity contribution is 1.11.